The molecule has 3 aromatic rings. The van der Waals surface area contributed by atoms with E-state index in [1.807, 2.05) is 43.3 Å². The van der Waals surface area contributed by atoms with Crippen molar-refractivity contribution in [3.8, 4) is 17.6 Å². The number of nitrogens with zero attached hydrogens (tertiary/aromatic N) is 1. The Bertz CT molecular complexity index is 1220. The van der Waals surface area contributed by atoms with Crippen molar-refractivity contribution in [1.29, 1.82) is 5.26 Å². The smallest absolute Gasteiger partial charge is 0.261 e. The van der Waals surface area contributed by atoms with Gasteiger partial charge in [0.25, 0.3) is 5.91 Å². The molecule has 1 N–H and O–H groups in total. The van der Waals surface area contributed by atoms with Crippen LogP contribution in [0.25, 0.3) is 6.08 Å². The van der Waals surface area contributed by atoms with Crippen molar-refractivity contribution in [2.75, 3.05) is 13.2 Å². The number of nitrogens with one attached hydrogen (secondary N) is 1. The van der Waals surface area contributed by atoms with Crippen molar-refractivity contribution < 1.29 is 18.7 Å². The van der Waals surface area contributed by atoms with Crippen molar-refractivity contribution in [2.24, 2.45) is 0 Å². The Kier molecular flexibility index (Phi) is 9.88. The molecule has 0 aliphatic carbocycles. The average molecular weight is 537 g/mol. The Morgan fingerprint density at radius 3 is 2.57 bits per heavy atom. The lowest BCUT2D eigenvalue weighted by Crippen LogP contribution is -2.25. The Balaban J connectivity index is 1.69. The molecule has 0 bridgehead atoms. The van der Waals surface area contributed by atoms with Gasteiger partial charge in [-0.2, -0.15) is 5.26 Å². The maximum absolute atomic E-state index is 14.0. The van der Waals surface area contributed by atoms with Crippen LogP contribution in [-0.4, -0.2) is 19.1 Å². The first kappa shape index (κ1) is 26.0. The number of hydrogen-bond donors (Lipinski definition) is 1. The molecule has 0 radical (unpaired) electrons. The molecule has 0 unspecified atom stereocenters. The summed E-state index contributed by atoms with van der Waals surface area (Å²) in [7, 11) is 0. The number of halogens is 2. The second kappa shape index (κ2) is 13.3. The van der Waals surface area contributed by atoms with Crippen LogP contribution in [0.15, 0.2) is 76.8 Å². The van der Waals surface area contributed by atoms with Crippen molar-refractivity contribution in [2.45, 2.75) is 26.4 Å². The highest BCUT2D eigenvalue weighted by atomic mass is 79.9. The van der Waals surface area contributed by atoms with E-state index in [0.717, 1.165) is 12.8 Å². The van der Waals surface area contributed by atoms with Crippen molar-refractivity contribution >= 4 is 27.9 Å². The third-order valence-electron chi connectivity index (χ3n) is 5.11. The predicted octanol–water partition coefficient (Wildman–Crippen LogP) is 6.22. The number of benzene rings is 3. The SMILES string of the molecule is CCOc1cc(/C=C(/C#N)C(=O)NCCCc2ccccc2)cc(Br)c1OCc1ccccc1F. The molecule has 0 aliphatic heterocycles. The molecule has 0 aromatic heterocycles. The molecule has 3 rings (SSSR count). The fourth-order valence-electron chi connectivity index (χ4n) is 3.39. The van der Waals surface area contributed by atoms with Gasteiger partial charge in [0.2, 0.25) is 0 Å². The van der Waals surface area contributed by atoms with E-state index in [9.17, 15) is 14.4 Å². The lowest BCUT2D eigenvalue weighted by Gasteiger charge is -2.15. The number of amides is 1. The van der Waals surface area contributed by atoms with Gasteiger partial charge in [-0.1, -0.05) is 48.5 Å². The van der Waals surface area contributed by atoms with Gasteiger partial charge >= 0.3 is 0 Å². The minimum absolute atomic E-state index is 0.0147. The van der Waals surface area contributed by atoms with E-state index in [1.54, 1.807) is 30.3 Å². The van der Waals surface area contributed by atoms with E-state index in [2.05, 4.69) is 21.2 Å². The topological polar surface area (TPSA) is 71.3 Å². The maximum atomic E-state index is 14.0. The minimum Gasteiger partial charge on any atom is -0.490 e. The van der Waals surface area contributed by atoms with Gasteiger partial charge in [-0.15, -0.1) is 0 Å². The largest absolute Gasteiger partial charge is 0.490 e. The molecule has 0 saturated heterocycles. The van der Waals surface area contributed by atoms with E-state index < -0.39 is 5.91 Å². The molecule has 0 saturated carbocycles. The van der Waals surface area contributed by atoms with E-state index in [4.69, 9.17) is 9.47 Å². The van der Waals surface area contributed by atoms with Crippen molar-refractivity contribution in [1.82, 2.24) is 5.32 Å². The number of carbonyl (C=O) groups is 1. The first-order valence-corrected chi connectivity index (χ1v) is 12.1. The maximum Gasteiger partial charge on any atom is 0.261 e. The Morgan fingerprint density at radius 1 is 1.11 bits per heavy atom. The zero-order valence-electron chi connectivity index (χ0n) is 19.4. The molecule has 0 heterocycles. The summed E-state index contributed by atoms with van der Waals surface area (Å²) in [6, 6.07) is 21.8. The highest BCUT2D eigenvalue weighted by Crippen LogP contribution is 2.38. The Morgan fingerprint density at radius 2 is 1.86 bits per heavy atom. The first-order chi connectivity index (χ1) is 17.0. The van der Waals surface area contributed by atoms with Gasteiger partial charge in [0.1, 0.15) is 24.1 Å². The molecule has 1 amide bonds. The molecular formula is C28H26BrFN2O3. The number of carbonyl (C=O) groups excluding carboxylic acids is 1. The Labute approximate surface area is 213 Å². The third-order valence-corrected chi connectivity index (χ3v) is 5.70. The lowest BCUT2D eigenvalue weighted by molar-refractivity contribution is -0.117. The number of hydrogen-bond acceptors (Lipinski definition) is 4. The van der Waals surface area contributed by atoms with Crippen LogP contribution in [0.5, 0.6) is 11.5 Å². The summed E-state index contributed by atoms with van der Waals surface area (Å²) in [6.07, 6.45) is 3.11. The summed E-state index contributed by atoms with van der Waals surface area (Å²) in [5.41, 5.74) is 2.19. The van der Waals surface area contributed by atoms with Gasteiger partial charge in [-0.05, 0) is 71.1 Å². The second-order valence-electron chi connectivity index (χ2n) is 7.66. The van der Waals surface area contributed by atoms with Crippen LogP contribution in [0, 0.1) is 17.1 Å². The van der Waals surface area contributed by atoms with Gasteiger partial charge in [-0.25, -0.2) is 4.39 Å². The quantitative estimate of drug-likeness (QED) is 0.179. The standard InChI is InChI=1S/C28H26BrFN2O3/c1-2-34-26-17-21(16-24(29)27(26)35-19-22-12-6-7-13-25(22)30)15-23(18-31)28(33)32-14-8-11-20-9-4-3-5-10-20/h3-7,9-10,12-13,15-17H,2,8,11,14,19H2,1H3,(H,32,33)/b23-15-. The molecule has 0 aliphatic rings. The van der Waals surface area contributed by atoms with Crippen LogP contribution in [0.3, 0.4) is 0 Å². The van der Waals surface area contributed by atoms with E-state index in [1.165, 1.54) is 17.7 Å². The summed E-state index contributed by atoms with van der Waals surface area (Å²) in [6.45, 7) is 2.70. The van der Waals surface area contributed by atoms with Crippen LogP contribution >= 0.6 is 15.9 Å². The predicted molar refractivity (Wildman–Crippen MR) is 137 cm³/mol. The lowest BCUT2D eigenvalue weighted by atomic mass is 10.1. The zero-order valence-corrected chi connectivity index (χ0v) is 21.0. The van der Waals surface area contributed by atoms with Gasteiger partial charge in [0.05, 0.1) is 11.1 Å². The van der Waals surface area contributed by atoms with Gasteiger partial charge < -0.3 is 14.8 Å². The first-order valence-electron chi connectivity index (χ1n) is 11.3. The molecular weight excluding hydrogens is 511 g/mol. The fraction of sp³-hybridized carbons (Fsp3) is 0.214. The average Bonchev–Trinajstić information content (AvgIpc) is 2.86. The number of rotatable bonds is 11. The molecule has 3 aromatic carbocycles. The zero-order chi connectivity index (χ0) is 25.0. The molecule has 5 nitrogen and oxygen atoms in total. The van der Waals surface area contributed by atoms with Crippen LogP contribution in [0.2, 0.25) is 0 Å². The molecule has 35 heavy (non-hydrogen) atoms. The van der Waals surface area contributed by atoms with Crippen LogP contribution in [0.1, 0.15) is 30.0 Å². The van der Waals surface area contributed by atoms with Crippen molar-refractivity contribution in [3.05, 3.63) is 99.3 Å². The van der Waals surface area contributed by atoms with Crippen LogP contribution in [0.4, 0.5) is 4.39 Å². The molecule has 0 spiro atoms. The normalized spacial score (nSPS) is 11.0. The summed E-state index contributed by atoms with van der Waals surface area (Å²) < 4.78 is 26.1. The number of ether oxygens (including phenoxy) is 2. The molecule has 0 atom stereocenters. The summed E-state index contributed by atoms with van der Waals surface area (Å²) in [5.74, 6) is 0.0465. The second-order valence-corrected chi connectivity index (χ2v) is 8.51. The molecule has 7 heteroatoms. The van der Waals surface area contributed by atoms with Gasteiger partial charge in [-0.3, -0.25) is 4.79 Å². The van der Waals surface area contributed by atoms with Crippen LogP contribution < -0.4 is 14.8 Å². The van der Waals surface area contributed by atoms with E-state index >= 15 is 0 Å². The van der Waals surface area contributed by atoms with Crippen molar-refractivity contribution in [3.63, 3.8) is 0 Å². The van der Waals surface area contributed by atoms with E-state index in [-0.39, 0.29) is 18.0 Å². The Hall–Kier alpha value is -3.63. The summed E-state index contributed by atoms with van der Waals surface area (Å²) >= 11 is 3.47. The van der Waals surface area contributed by atoms with E-state index in [0.29, 0.717) is 40.3 Å². The highest BCUT2D eigenvalue weighted by Gasteiger charge is 2.15. The monoisotopic (exact) mass is 536 g/mol. The highest BCUT2D eigenvalue weighted by molar-refractivity contribution is 9.10. The minimum atomic E-state index is -0.436. The number of nitriles is 1. The van der Waals surface area contributed by atoms with Gasteiger partial charge in [0.15, 0.2) is 11.5 Å². The molecule has 0 fully saturated rings. The number of aryl methyl sites for hydroxylation is 1. The van der Waals surface area contributed by atoms with Crippen LogP contribution in [-0.2, 0) is 17.8 Å². The fourth-order valence-corrected chi connectivity index (χ4v) is 3.96. The summed E-state index contributed by atoms with van der Waals surface area (Å²) in [5, 5.41) is 12.3. The van der Waals surface area contributed by atoms with Gasteiger partial charge in [0, 0.05) is 12.1 Å². The molecule has 180 valence electrons. The third kappa shape index (κ3) is 7.69. The summed E-state index contributed by atoms with van der Waals surface area (Å²) in [4.78, 5) is 12.5.